The summed E-state index contributed by atoms with van der Waals surface area (Å²) in [6.45, 7) is 0. The largest absolute Gasteiger partial charge is 0.229 e. The Hall–Kier alpha value is -0.210. The molecule has 0 aliphatic heterocycles. The van der Waals surface area contributed by atoms with E-state index in [-0.39, 0.29) is 10.00 Å². The molecular weight excluding hydrogens is 218 g/mol. The van der Waals surface area contributed by atoms with Gasteiger partial charge in [-0.1, -0.05) is 0 Å². The lowest BCUT2D eigenvalue weighted by Gasteiger charge is -2.30. The van der Waals surface area contributed by atoms with Crippen molar-refractivity contribution < 1.29 is 8.42 Å². The van der Waals surface area contributed by atoms with Crippen LogP contribution in [0.2, 0.25) is 0 Å². The van der Waals surface area contributed by atoms with Crippen molar-refractivity contribution in [3.8, 4) is 5.40 Å². The summed E-state index contributed by atoms with van der Waals surface area (Å²) in [7, 11) is -2.99. The molecule has 2 aliphatic carbocycles. The first-order valence-electron chi connectivity index (χ1n) is 4.74. The second-order valence-corrected chi connectivity index (χ2v) is 7.85. The Morgan fingerprint density at radius 1 is 1.57 bits per heavy atom. The molecule has 0 saturated heterocycles. The molecule has 2 rings (SSSR count). The molecule has 0 aromatic heterocycles. The highest BCUT2D eigenvalue weighted by Gasteiger charge is 2.56. The van der Waals surface area contributed by atoms with E-state index in [1.165, 1.54) is 18.0 Å². The molecule has 2 saturated carbocycles. The first kappa shape index (κ1) is 10.3. The second-order valence-electron chi connectivity index (χ2n) is 4.42. The predicted octanol–water partition coefficient (Wildman–Crippen LogP) is 1.56. The van der Waals surface area contributed by atoms with Crippen LogP contribution in [-0.4, -0.2) is 24.7 Å². The van der Waals surface area contributed by atoms with Crippen LogP contribution >= 0.6 is 11.8 Å². The topological polar surface area (TPSA) is 57.9 Å². The van der Waals surface area contributed by atoms with Gasteiger partial charge in [-0.2, -0.15) is 5.26 Å². The Labute approximate surface area is 88.8 Å². The number of fused-ring (bicyclic) bond motifs is 2. The number of nitriles is 1. The summed E-state index contributed by atoms with van der Waals surface area (Å²) in [5.74, 6) is 0.538. The van der Waals surface area contributed by atoms with Crippen LogP contribution in [0.1, 0.15) is 25.7 Å². The van der Waals surface area contributed by atoms with Crippen molar-refractivity contribution in [2.45, 2.75) is 35.7 Å². The zero-order valence-electron chi connectivity index (χ0n) is 8.06. The van der Waals surface area contributed by atoms with Gasteiger partial charge < -0.3 is 0 Å². The van der Waals surface area contributed by atoms with Crippen molar-refractivity contribution in [1.82, 2.24) is 0 Å². The molecule has 2 aliphatic rings. The number of rotatable bonds is 2. The first-order chi connectivity index (χ1) is 6.48. The average Bonchev–Trinajstić information content (AvgIpc) is 2.59. The Balaban J connectivity index is 2.33. The van der Waals surface area contributed by atoms with Crippen LogP contribution in [0.4, 0.5) is 0 Å². The SMILES string of the molecule is CS(=O)(=O)C1CC2CCC1(SC#N)C2. The van der Waals surface area contributed by atoms with Crippen molar-refractivity contribution in [3.63, 3.8) is 0 Å². The Kier molecular flexibility index (Phi) is 2.31. The van der Waals surface area contributed by atoms with Gasteiger partial charge in [0.15, 0.2) is 9.84 Å². The smallest absolute Gasteiger partial charge is 0.151 e. The van der Waals surface area contributed by atoms with Crippen molar-refractivity contribution in [2.75, 3.05) is 6.26 Å². The molecular formula is C9H13NO2S2. The number of thiocyanates is 1. The minimum Gasteiger partial charge on any atom is -0.229 e. The van der Waals surface area contributed by atoms with E-state index in [9.17, 15) is 8.42 Å². The molecule has 78 valence electrons. The van der Waals surface area contributed by atoms with E-state index in [0.717, 1.165) is 25.7 Å². The van der Waals surface area contributed by atoms with Crippen LogP contribution in [0, 0.1) is 16.6 Å². The number of hydrogen-bond donors (Lipinski definition) is 0. The van der Waals surface area contributed by atoms with Crippen LogP contribution in [0.3, 0.4) is 0 Å². The van der Waals surface area contributed by atoms with E-state index in [0.29, 0.717) is 5.92 Å². The van der Waals surface area contributed by atoms with E-state index in [2.05, 4.69) is 5.40 Å². The minimum atomic E-state index is -2.99. The van der Waals surface area contributed by atoms with Gasteiger partial charge in [0.25, 0.3) is 0 Å². The zero-order valence-corrected chi connectivity index (χ0v) is 9.70. The van der Waals surface area contributed by atoms with Gasteiger partial charge in [-0.15, -0.1) is 0 Å². The summed E-state index contributed by atoms with van der Waals surface area (Å²) in [5.41, 5.74) is 0. The maximum atomic E-state index is 11.6. The van der Waals surface area contributed by atoms with Gasteiger partial charge in [0.1, 0.15) is 5.40 Å². The summed E-state index contributed by atoms with van der Waals surface area (Å²) >= 11 is 1.19. The summed E-state index contributed by atoms with van der Waals surface area (Å²) in [6, 6.07) is 0. The molecule has 0 aromatic carbocycles. The van der Waals surface area contributed by atoms with Gasteiger partial charge in [0, 0.05) is 11.0 Å². The molecule has 2 bridgehead atoms. The fourth-order valence-corrected chi connectivity index (χ4v) is 6.20. The summed E-state index contributed by atoms with van der Waals surface area (Å²) in [5, 5.41) is 10.5. The van der Waals surface area contributed by atoms with Gasteiger partial charge in [0.05, 0.1) is 5.25 Å². The molecule has 0 amide bonds. The number of nitrogens with zero attached hydrogens (tertiary/aromatic N) is 1. The van der Waals surface area contributed by atoms with Crippen molar-refractivity contribution in [1.29, 1.82) is 5.26 Å². The van der Waals surface area contributed by atoms with Gasteiger partial charge >= 0.3 is 0 Å². The maximum Gasteiger partial charge on any atom is 0.151 e. The van der Waals surface area contributed by atoms with E-state index < -0.39 is 9.84 Å². The average molecular weight is 231 g/mol. The molecule has 14 heavy (non-hydrogen) atoms. The molecule has 5 heteroatoms. The van der Waals surface area contributed by atoms with E-state index in [4.69, 9.17) is 5.26 Å². The van der Waals surface area contributed by atoms with Crippen molar-refractivity contribution in [2.24, 2.45) is 5.92 Å². The van der Waals surface area contributed by atoms with Gasteiger partial charge in [-0.3, -0.25) is 0 Å². The maximum absolute atomic E-state index is 11.6. The predicted molar refractivity (Wildman–Crippen MR) is 56.5 cm³/mol. The monoisotopic (exact) mass is 231 g/mol. The van der Waals surface area contributed by atoms with E-state index in [1.54, 1.807) is 0 Å². The molecule has 0 spiro atoms. The number of hydrogen-bond acceptors (Lipinski definition) is 4. The molecule has 2 fully saturated rings. The van der Waals surface area contributed by atoms with Crippen LogP contribution in [0.25, 0.3) is 0 Å². The van der Waals surface area contributed by atoms with Crippen molar-refractivity contribution in [3.05, 3.63) is 0 Å². The lowest BCUT2D eigenvalue weighted by atomic mass is 10.00. The lowest BCUT2D eigenvalue weighted by Crippen LogP contribution is -2.39. The quantitative estimate of drug-likeness (QED) is 0.677. The summed E-state index contributed by atoms with van der Waals surface area (Å²) in [6.07, 6.45) is 4.99. The third-order valence-corrected chi connectivity index (χ3v) is 6.49. The Bertz CT molecular complexity index is 384. The zero-order chi connectivity index (χ0) is 10.4. The molecule has 3 atom stereocenters. The third-order valence-electron chi connectivity index (χ3n) is 3.51. The normalized spacial score (nSPS) is 41.1. The van der Waals surface area contributed by atoms with E-state index in [1.807, 2.05) is 0 Å². The van der Waals surface area contributed by atoms with Crippen LogP contribution in [0.5, 0.6) is 0 Å². The van der Waals surface area contributed by atoms with Gasteiger partial charge in [0.2, 0.25) is 0 Å². The van der Waals surface area contributed by atoms with Gasteiger partial charge in [-0.25, -0.2) is 8.42 Å². The Morgan fingerprint density at radius 3 is 2.79 bits per heavy atom. The van der Waals surface area contributed by atoms with Crippen molar-refractivity contribution >= 4 is 21.6 Å². The van der Waals surface area contributed by atoms with Crippen LogP contribution in [0.15, 0.2) is 0 Å². The van der Waals surface area contributed by atoms with Gasteiger partial charge in [-0.05, 0) is 43.4 Å². The first-order valence-corrected chi connectivity index (χ1v) is 7.51. The lowest BCUT2D eigenvalue weighted by molar-refractivity contribution is 0.485. The molecule has 0 radical (unpaired) electrons. The molecule has 3 unspecified atom stereocenters. The second kappa shape index (κ2) is 3.14. The van der Waals surface area contributed by atoms with Crippen LogP contribution < -0.4 is 0 Å². The third kappa shape index (κ3) is 1.45. The molecule has 0 aromatic rings. The Morgan fingerprint density at radius 2 is 2.29 bits per heavy atom. The highest BCUT2D eigenvalue weighted by molar-refractivity contribution is 8.06. The molecule has 0 heterocycles. The van der Waals surface area contributed by atoms with Crippen LogP contribution in [-0.2, 0) is 9.84 Å². The summed E-state index contributed by atoms with van der Waals surface area (Å²) in [4.78, 5) is 0. The minimum absolute atomic E-state index is 0.271. The highest BCUT2D eigenvalue weighted by atomic mass is 32.2. The number of thioether (sulfide) groups is 1. The number of sulfone groups is 1. The molecule has 0 N–H and O–H groups in total. The fraction of sp³-hybridized carbons (Fsp3) is 0.889. The molecule has 3 nitrogen and oxygen atoms in total. The summed E-state index contributed by atoms with van der Waals surface area (Å²) < 4.78 is 22.9. The standard InChI is InChI=1S/C9H13NO2S2/c1-14(11,12)8-4-7-2-3-9(8,5-7)13-6-10/h7-8H,2-5H2,1H3. The fourth-order valence-electron chi connectivity index (χ4n) is 2.97. The highest BCUT2D eigenvalue weighted by Crippen LogP contribution is 2.57. The van der Waals surface area contributed by atoms with E-state index >= 15 is 0 Å².